The van der Waals surface area contributed by atoms with E-state index in [0.717, 1.165) is 5.56 Å². The number of aromatic nitrogens is 1. The largest absolute Gasteiger partial charge is 0.347 e. The lowest BCUT2D eigenvalue weighted by atomic mass is 10.1. The Labute approximate surface area is 117 Å². The van der Waals surface area contributed by atoms with Crippen LogP contribution in [0.4, 0.5) is 5.82 Å². The zero-order valence-electron chi connectivity index (χ0n) is 10.9. The number of pyridine rings is 1. The van der Waals surface area contributed by atoms with E-state index in [2.05, 4.69) is 15.6 Å². The number of rotatable bonds is 4. The molecule has 1 heterocycles. The van der Waals surface area contributed by atoms with E-state index in [1.807, 2.05) is 30.3 Å². The van der Waals surface area contributed by atoms with Crippen LogP contribution in [0.2, 0.25) is 0 Å². The van der Waals surface area contributed by atoms with Crippen LogP contribution >= 0.6 is 0 Å². The highest BCUT2D eigenvalue weighted by Gasteiger charge is 2.13. The third-order valence-corrected chi connectivity index (χ3v) is 2.65. The third kappa shape index (κ3) is 4.20. The van der Waals surface area contributed by atoms with Crippen molar-refractivity contribution in [2.24, 2.45) is 0 Å². The zero-order chi connectivity index (χ0) is 14.2. The van der Waals surface area contributed by atoms with Gasteiger partial charge in [-0.2, -0.15) is 0 Å². The van der Waals surface area contributed by atoms with E-state index in [9.17, 15) is 9.59 Å². The van der Waals surface area contributed by atoms with Crippen molar-refractivity contribution >= 4 is 17.6 Å². The van der Waals surface area contributed by atoms with Gasteiger partial charge in [0.1, 0.15) is 5.82 Å². The topological polar surface area (TPSA) is 71.1 Å². The summed E-state index contributed by atoms with van der Waals surface area (Å²) in [6, 6.07) is 14.8. The molecule has 0 saturated carbocycles. The molecule has 0 saturated heterocycles. The Bertz CT molecular complexity index is 570. The standard InChI is InChI=1S/C15H15N3O2/c19-14(15(20)18-13-8-4-5-10-16-13)17-11-9-12-6-2-1-3-7-12/h1-8,10H,9,11H2,(H,17,19)(H,16,18,20). The quantitative estimate of drug-likeness (QED) is 0.824. The zero-order valence-corrected chi connectivity index (χ0v) is 10.9. The molecule has 0 spiro atoms. The lowest BCUT2D eigenvalue weighted by molar-refractivity contribution is -0.136. The second kappa shape index (κ2) is 7.04. The van der Waals surface area contributed by atoms with E-state index in [4.69, 9.17) is 0 Å². The summed E-state index contributed by atoms with van der Waals surface area (Å²) in [7, 11) is 0. The molecular weight excluding hydrogens is 254 g/mol. The molecule has 0 unspecified atom stereocenters. The van der Waals surface area contributed by atoms with Crippen LogP contribution in [0.1, 0.15) is 5.56 Å². The van der Waals surface area contributed by atoms with E-state index in [1.165, 1.54) is 0 Å². The summed E-state index contributed by atoms with van der Waals surface area (Å²) in [6.45, 7) is 0.415. The van der Waals surface area contributed by atoms with Gasteiger partial charge in [0.2, 0.25) is 0 Å². The van der Waals surface area contributed by atoms with Crippen LogP contribution in [-0.2, 0) is 16.0 Å². The predicted molar refractivity (Wildman–Crippen MR) is 76.0 cm³/mol. The Morgan fingerprint density at radius 3 is 2.40 bits per heavy atom. The van der Waals surface area contributed by atoms with Gasteiger partial charge in [-0.1, -0.05) is 36.4 Å². The van der Waals surface area contributed by atoms with E-state index >= 15 is 0 Å². The van der Waals surface area contributed by atoms with Crippen molar-refractivity contribution in [2.45, 2.75) is 6.42 Å². The minimum absolute atomic E-state index is 0.357. The molecule has 0 aliphatic heterocycles. The molecule has 1 aromatic carbocycles. The van der Waals surface area contributed by atoms with Gasteiger partial charge in [-0.05, 0) is 24.1 Å². The van der Waals surface area contributed by atoms with Crippen LogP contribution in [0, 0.1) is 0 Å². The van der Waals surface area contributed by atoms with Gasteiger partial charge in [0.15, 0.2) is 0 Å². The third-order valence-electron chi connectivity index (χ3n) is 2.65. The van der Waals surface area contributed by atoms with Crippen molar-refractivity contribution in [1.29, 1.82) is 0 Å². The highest BCUT2D eigenvalue weighted by molar-refractivity contribution is 6.39. The Kier molecular flexibility index (Phi) is 4.83. The molecule has 5 nitrogen and oxygen atoms in total. The molecule has 2 N–H and O–H groups in total. The first-order chi connectivity index (χ1) is 9.75. The molecular formula is C15H15N3O2. The molecule has 20 heavy (non-hydrogen) atoms. The summed E-state index contributed by atoms with van der Waals surface area (Å²) in [5.74, 6) is -1.01. The number of amides is 2. The van der Waals surface area contributed by atoms with E-state index in [1.54, 1.807) is 24.4 Å². The van der Waals surface area contributed by atoms with E-state index in [-0.39, 0.29) is 0 Å². The average Bonchev–Trinajstić information content (AvgIpc) is 2.49. The molecule has 0 atom stereocenters. The Morgan fingerprint density at radius 2 is 1.70 bits per heavy atom. The number of hydrogen-bond acceptors (Lipinski definition) is 3. The fourth-order valence-corrected chi connectivity index (χ4v) is 1.66. The van der Waals surface area contributed by atoms with Crippen molar-refractivity contribution in [3.05, 3.63) is 60.3 Å². The minimum Gasteiger partial charge on any atom is -0.347 e. The summed E-state index contributed by atoms with van der Waals surface area (Å²) in [6.07, 6.45) is 2.23. The second-order valence-corrected chi connectivity index (χ2v) is 4.16. The first-order valence-corrected chi connectivity index (χ1v) is 6.30. The lowest BCUT2D eigenvalue weighted by Crippen LogP contribution is -2.36. The molecule has 102 valence electrons. The second-order valence-electron chi connectivity index (χ2n) is 4.16. The summed E-state index contributed by atoms with van der Waals surface area (Å²) in [5.41, 5.74) is 1.11. The Hall–Kier alpha value is -2.69. The first kappa shape index (κ1) is 13.7. The first-order valence-electron chi connectivity index (χ1n) is 6.30. The van der Waals surface area contributed by atoms with Crippen LogP contribution in [0.15, 0.2) is 54.7 Å². The summed E-state index contributed by atoms with van der Waals surface area (Å²) >= 11 is 0. The maximum atomic E-state index is 11.6. The van der Waals surface area contributed by atoms with Crippen molar-refractivity contribution in [1.82, 2.24) is 10.3 Å². The van der Waals surface area contributed by atoms with Gasteiger partial charge in [-0.15, -0.1) is 0 Å². The molecule has 0 aliphatic carbocycles. The van der Waals surface area contributed by atoms with Gasteiger partial charge in [-0.25, -0.2) is 4.98 Å². The molecule has 0 bridgehead atoms. The number of carbonyl (C=O) groups is 2. The van der Waals surface area contributed by atoms with Gasteiger partial charge in [0, 0.05) is 12.7 Å². The number of anilines is 1. The molecule has 2 amide bonds. The van der Waals surface area contributed by atoms with Crippen molar-refractivity contribution < 1.29 is 9.59 Å². The molecule has 0 radical (unpaired) electrons. The number of nitrogens with one attached hydrogen (secondary N) is 2. The summed E-state index contributed by atoms with van der Waals surface area (Å²) < 4.78 is 0. The van der Waals surface area contributed by atoms with Crippen molar-refractivity contribution in [3.63, 3.8) is 0 Å². The van der Waals surface area contributed by atoms with Gasteiger partial charge < -0.3 is 10.6 Å². The van der Waals surface area contributed by atoms with Gasteiger partial charge in [-0.3, -0.25) is 9.59 Å². The van der Waals surface area contributed by atoms with Crippen LogP contribution in [0.3, 0.4) is 0 Å². The van der Waals surface area contributed by atoms with Crippen molar-refractivity contribution in [3.8, 4) is 0 Å². The highest BCUT2D eigenvalue weighted by atomic mass is 16.2. The number of carbonyl (C=O) groups excluding carboxylic acids is 2. The van der Waals surface area contributed by atoms with Crippen LogP contribution in [0.5, 0.6) is 0 Å². The molecule has 5 heteroatoms. The molecule has 2 rings (SSSR count). The molecule has 1 aromatic heterocycles. The fourth-order valence-electron chi connectivity index (χ4n) is 1.66. The molecule has 0 fully saturated rings. The normalized spacial score (nSPS) is 9.80. The number of nitrogens with zero attached hydrogens (tertiary/aromatic N) is 1. The average molecular weight is 269 g/mol. The molecule has 2 aromatic rings. The van der Waals surface area contributed by atoms with Crippen LogP contribution < -0.4 is 10.6 Å². The monoisotopic (exact) mass is 269 g/mol. The fraction of sp³-hybridized carbons (Fsp3) is 0.133. The summed E-state index contributed by atoms with van der Waals surface area (Å²) in [4.78, 5) is 27.1. The maximum absolute atomic E-state index is 11.6. The predicted octanol–water partition coefficient (Wildman–Crippen LogP) is 1.38. The van der Waals surface area contributed by atoms with Gasteiger partial charge >= 0.3 is 11.8 Å². The number of hydrogen-bond donors (Lipinski definition) is 2. The van der Waals surface area contributed by atoms with Crippen LogP contribution in [0.25, 0.3) is 0 Å². The Balaban J connectivity index is 1.76. The van der Waals surface area contributed by atoms with Crippen LogP contribution in [-0.4, -0.2) is 23.3 Å². The van der Waals surface area contributed by atoms with E-state index in [0.29, 0.717) is 18.8 Å². The Morgan fingerprint density at radius 1 is 0.950 bits per heavy atom. The van der Waals surface area contributed by atoms with Gasteiger partial charge in [0.25, 0.3) is 0 Å². The lowest BCUT2D eigenvalue weighted by Gasteiger charge is -2.05. The minimum atomic E-state index is -0.711. The maximum Gasteiger partial charge on any atom is 0.314 e. The number of benzene rings is 1. The smallest absolute Gasteiger partial charge is 0.314 e. The van der Waals surface area contributed by atoms with E-state index < -0.39 is 11.8 Å². The van der Waals surface area contributed by atoms with Gasteiger partial charge in [0.05, 0.1) is 0 Å². The van der Waals surface area contributed by atoms with Crippen molar-refractivity contribution in [2.75, 3.05) is 11.9 Å². The SMILES string of the molecule is O=C(NCCc1ccccc1)C(=O)Nc1ccccn1. The highest BCUT2D eigenvalue weighted by Crippen LogP contribution is 2.00. The molecule has 0 aliphatic rings. The summed E-state index contributed by atoms with van der Waals surface area (Å²) in [5, 5.41) is 5.00.